The van der Waals surface area contributed by atoms with Crippen molar-refractivity contribution >= 4 is 34.2 Å². The van der Waals surface area contributed by atoms with Crippen LogP contribution in [-0.2, 0) is 19.6 Å². The highest BCUT2D eigenvalue weighted by molar-refractivity contribution is 7.89. The Balaban J connectivity index is 0.00000480. The van der Waals surface area contributed by atoms with Gasteiger partial charge in [-0.1, -0.05) is 13.8 Å². The minimum atomic E-state index is -4.13. The molecule has 0 bridgehead atoms. The van der Waals surface area contributed by atoms with Crippen LogP contribution in [0.3, 0.4) is 0 Å². The maximum Gasteiger partial charge on any atom is 0.262 e. The van der Waals surface area contributed by atoms with E-state index in [9.17, 15) is 18.0 Å². The van der Waals surface area contributed by atoms with E-state index in [0.29, 0.717) is 31.9 Å². The van der Waals surface area contributed by atoms with Crippen LogP contribution < -0.4 is 15.5 Å². The summed E-state index contributed by atoms with van der Waals surface area (Å²) in [5.41, 5.74) is 1.55. The number of piperazine rings is 1. The lowest BCUT2D eigenvalue weighted by atomic mass is 10.0. The van der Waals surface area contributed by atoms with Crippen LogP contribution >= 0.6 is 12.4 Å². The first-order chi connectivity index (χ1) is 14.2. The monoisotopic (exact) mass is 478 g/mol. The van der Waals surface area contributed by atoms with Gasteiger partial charge in [0.15, 0.2) is 0 Å². The van der Waals surface area contributed by atoms with Crippen molar-refractivity contribution < 1.29 is 28.0 Å². The molecular weight excluding hydrogens is 448 g/mol. The molecule has 1 heterocycles. The van der Waals surface area contributed by atoms with Crippen LogP contribution in [0.2, 0.25) is 0 Å². The summed E-state index contributed by atoms with van der Waals surface area (Å²) in [6.07, 6.45) is -0.0721. The van der Waals surface area contributed by atoms with E-state index in [4.69, 9.17) is 9.94 Å². The number of hydroxylamine groups is 1. The Labute approximate surface area is 189 Å². The van der Waals surface area contributed by atoms with Crippen LogP contribution in [0.15, 0.2) is 29.2 Å². The predicted octanol–water partition coefficient (Wildman–Crippen LogP) is 0.460. The maximum atomic E-state index is 13.4. The molecule has 10 nitrogen and oxygen atoms in total. The van der Waals surface area contributed by atoms with Gasteiger partial charge in [0, 0.05) is 39.1 Å². The zero-order chi connectivity index (χ0) is 22.3. The highest BCUT2D eigenvalue weighted by Crippen LogP contribution is 2.24. The third-order valence-corrected chi connectivity index (χ3v) is 6.90. The van der Waals surface area contributed by atoms with Crippen LogP contribution in [0.5, 0.6) is 5.75 Å². The highest BCUT2D eigenvalue weighted by Gasteiger charge is 2.38. The molecule has 1 atom stereocenters. The number of carbonyl (C=O) groups excluding carboxylic acids is 2. The molecule has 1 aromatic carbocycles. The summed E-state index contributed by atoms with van der Waals surface area (Å²) in [7, 11) is -2.66. The molecule has 0 saturated carbocycles. The Kier molecular flexibility index (Phi) is 10.7. The van der Waals surface area contributed by atoms with Crippen molar-refractivity contribution in [3.8, 4) is 5.75 Å². The number of ether oxygens (including phenoxy) is 1. The average molecular weight is 479 g/mol. The molecular formula is C19H31ClN4O6S. The summed E-state index contributed by atoms with van der Waals surface area (Å²) in [4.78, 5) is 26.6. The summed E-state index contributed by atoms with van der Waals surface area (Å²) >= 11 is 0. The second kappa shape index (κ2) is 12.2. The quantitative estimate of drug-likeness (QED) is 0.347. The van der Waals surface area contributed by atoms with Crippen molar-refractivity contribution in [3.05, 3.63) is 24.3 Å². The van der Waals surface area contributed by atoms with E-state index in [1.54, 1.807) is 24.2 Å². The lowest BCUT2D eigenvalue weighted by Crippen LogP contribution is -2.53. The van der Waals surface area contributed by atoms with Crippen molar-refractivity contribution in [3.63, 3.8) is 0 Å². The van der Waals surface area contributed by atoms with Gasteiger partial charge in [-0.15, -0.1) is 12.4 Å². The van der Waals surface area contributed by atoms with E-state index in [0.717, 1.165) is 4.31 Å². The summed E-state index contributed by atoms with van der Waals surface area (Å²) in [6, 6.07) is 4.60. The molecule has 1 saturated heterocycles. The molecule has 0 spiro atoms. The molecule has 3 N–H and O–H groups in total. The normalized spacial score (nSPS) is 15.4. The molecule has 1 fully saturated rings. The highest BCUT2D eigenvalue weighted by atomic mass is 35.5. The first kappa shape index (κ1) is 27.1. The SMILES string of the molecule is COc1ccc(S(=O)(=O)N(CCC(=O)N2CCNCC2)[C@@H](C(=O)NO)C(C)C)cc1.Cl. The fourth-order valence-corrected chi connectivity index (χ4v) is 5.12. The van der Waals surface area contributed by atoms with Crippen LogP contribution in [0.25, 0.3) is 0 Å². The second-order valence-electron chi connectivity index (χ2n) is 7.34. The minimum Gasteiger partial charge on any atom is -0.497 e. The van der Waals surface area contributed by atoms with E-state index in [1.807, 2.05) is 0 Å². The molecule has 12 heteroatoms. The molecule has 1 aliphatic heterocycles. The fraction of sp³-hybridized carbons (Fsp3) is 0.579. The number of amides is 2. The molecule has 1 aliphatic rings. The van der Waals surface area contributed by atoms with Crippen LogP contribution in [0, 0.1) is 5.92 Å². The Morgan fingerprint density at radius 3 is 2.29 bits per heavy atom. The van der Waals surface area contributed by atoms with Crippen molar-refractivity contribution in [2.24, 2.45) is 5.92 Å². The third kappa shape index (κ3) is 6.78. The topological polar surface area (TPSA) is 128 Å². The Bertz CT molecular complexity index is 828. The number of benzene rings is 1. The number of hydrogen-bond acceptors (Lipinski definition) is 7. The summed E-state index contributed by atoms with van der Waals surface area (Å²) in [6.45, 7) is 5.63. The second-order valence-corrected chi connectivity index (χ2v) is 9.23. The van der Waals surface area contributed by atoms with Gasteiger partial charge in [-0.2, -0.15) is 4.31 Å². The lowest BCUT2D eigenvalue weighted by molar-refractivity contribution is -0.136. The minimum absolute atomic E-state index is 0. The van der Waals surface area contributed by atoms with Gasteiger partial charge in [-0.3, -0.25) is 14.8 Å². The van der Waals surface area contributed by atoms with Gasteiger partial charge in [-0.25, -0.2) is 13.9 Å². The van der Waals surface area contributed by atoms with E-state index in [1.165, 1.54) is 31.4 Å². The number of rotatable bonds is 9. The lowest BCUT2D eigenvalue weighted by Gasteiger charge is -2.33. The van der Waals surface area contributed by atoms with E-state index < -0.39 is 27.9 Å². The summed E-state index contributed by atoms with van der Waals surface area (Å²) in [5, 5.41) is 12.3. The Morgan fingerprint density at radius 2 is 1.81 bits per heavy atom. The smallest absolute Gasteiger partial charge is 0.262 e. The van der Waals surface area contributed by atoms with Crippen LogP contribution in [0.1, 0.15) is 20.3 Å². The van der Waals surface area contributed by atoms with Gasteiger partial charge in [0.25, 0.3) is 5.91 Å². The van der Waals surface area contributed by atoms with Gasteiger partial charge in [0.1, 0.15) is 11.8 Å². The third-order valence-electron chi connectivity index (χ3n) is 5.00. The number of hydrogen-bond donors (Lipinski definition) is 3. The number of nitrogens with zero attached hydrogens (tertiary/aromatic N) is 2. The number of sulfonamides is 1. The number of nitrogens with one attached hydrogen (secondary N) is 2. The summed E-state index contributed by atoms with van der Waals surface area (Å²) < 4.78 is 32.8. The van der Waals surface area contributed by atoms with Gasteiger partial charge in [0.2, 0.25) is 15.9 Å². The zero-order valence-corrected chi connectivity index (χ0v) is 19.5. The molecule has 0 aromatic heterocycles. The molecule has 0 radical (unpaired) electrons. The first-order valence-corrected chi connectivity index (χ1v) is 11.2. The zero-order valence-electron chi connectivity index (χ0n) is 17.9. The standard InChI is InChI=1S/C19H30N4O6S.ClH/c1-14(2)18(19(25)21-26)23(11-8-17(24)22-12-9-20-10-13-22)30(27,28)16-6-4-15(29-3)5-7-16;/h4-7,14,18,20,26H,8-13H2,1-3H3,(H,21,25);1H/t18-;/m1./s1. The van der Waals surface area contributed by atoms with Gasteiger partial charge < -0.3 is 15.0 Å². The van der Waals surface area contributed by atoms with Crippen molar-refractivity contribution in [1.82, 2.24) is 20.0 Å². The Hall–Kier alpha value is -1.92. The number of carbonyl (C=O) groups is 2. The molecule has 2 rings (SSSR count). The van der Waals surface area contributed by atoms with E-state index in [-0.39, 0.29) is 36.2 Å². The predicted molar refractivity (Wildman–Crippen MR) is 117 cm³/mol. The molecule has 1 aromatic rings. The molecule has 176 valence electrons. The van der Waals surface area contributed by atoms with Crippen molar-refractivity contribution in [2.75, 3.05) is 39.8 Å². The number of methoxy groups -OCH3 is 1. The largest absolute Gasteiger partial charge is 0.497 e. The van der Waals surface area contributed by atoms with Gasteiger partial charge >= 0.3 is 0 Å². The molecule has 0 aliphatic carbocycles. The van der Waals surface area contributed by atoms with Crippen LogP contribution in [-0.4, -0.2) is 80.5 Å². The molecule has 2 amide bonds. The van der Waals surface area contributed by atoms with E-state index in [2.05, 4.69) is 5.32 Å². The van der Waals surface area contributed by atoms with Gasteiger partial charge in [-0.05, 0) is 30.2 Å². The molecule has 0 unspecified atom stereocenters. The van der Waals surface area contributed by atoms with Crippen LogP contribution in [0.4, 0.5) is 0 Å². The molecule has 31 heavy (non-hydrogen) atoms. The average Bonchev–Trinajstić information content (AvgIpc) is 2.76. The fourth-order valence-electron chi connectivity index (χ4n) is 3.40. The van der Waals surface area contributed by atoms with Crippen molar-refractivity contribution in [1.29, 1.82) is 0 Å². The van der Waals surface area contributed by atoms with Gasteiger partial charge in [0.05, 0.1) is 12.0 Å². The first-order valence-electron chi connectivity index (χ1n) is 9.80. The van der Waals surface area contributed by atoms with E-state index >= 15 is 0 Å². The summed E-state index contributed by atoms with van der Waals surface area (Å²) in [5.74, 6) is -0.989. The number of halogens is 1. The maximum absolute atomic E-state index is 13.4. The van der Waals surface area contributed by atoms with Crippen molar-refractivity contribution in [2.45, 2.75) is 31.2 Å². The Morgan fingerprint density at radius 1 is 1.23 bits per heavy atom.